The number of likely N-dealkylation sites (tertiary alicyclic amines) is 1. The van der Waals surface area contributed by atoms with Crippen LogP contribution in [0.15, 0.2) is 36.8 Å². The highest BCUT2D eigenvalue weighted by Crippen LogP contribution is 2.35. The Balaban J connectivity index is 1.33. The number of hydrogen-bond acceptors (Lipinski definition) is 8. The second-order valence-electron chi connectivity index (χ2n) is 10.6. The number of ether oxygens (including phenoxy) is 1. The largest absolute Gasteiger partial charge is 0.435 e. The zero-order chi connectivity index (χ0) is 28.5. The van der Waals surface area contributed by atoms with Crippen molar-refractivity contribution in [2.24, 2.45) is 0 Å². The number of aromatic amines is 1. The van der Waals surface area contributed by atoms with Crippen LogP contribution in [-0.4, -0.2) is 82.0 Å². The van der Waals surface area contributed by atoms with E-state index >= 15 is 4.39 Å². The first-order chi connectivity index (χ1) is 19.9. The normalized spacial score (nSPS) is 16.3. The summed E-state index contributed by atoms with van der Waals surface area (Å²) < 4.78 is 36.1. The van der Waals surface area contributed by atoms with E-state index in [1.807, 2.05) is 12.1 Å². The molecule has 0 aliphatic carbocycles. The van der Waals surface area contributed by atoms with E-state index in [2.05, 4.69) is 42.1 Å². The molecule has 2 saturated heterocycles. The van der Waals surface area contributed by atoms with Crippen LogP contribution in [0.25, 0.3) is 10.9 Å². The van der Waals surface area contributed by atoms with Gasteiger partial charge in [-0.05, 0) is 51.4 Å². The van der Waals surface area contributed by atoms with Crippen LogP contribution in [0.3, 0.4) is 0 Å². The van der Waals surface area contributed by atoms with Crippen molar-refractivity contribution >= 4 is 34.1 Å². The van der Waals surface area contributed by atoms with E-state index in [1.54, 1.807) is 18.0 Å². The molecule has 12 heteroatoms. The topological polar surface area (TPSA) is 103 Å². The summed E-state index contributed by atoms with van der Waals surface area (Å²) in [5.74, 6) is -1.68. The fourth-order valence-corrected chi connectivity index (χ4v) is 5.33. The minimum Gasteiger partial charge on any atom is -0.435 e. The third kappa shape index (κ3) is 5.51. The molecule has 2 aliphatic heterocycles. The van der Waals surface area contributed by atoms with Gasteiger partial charge in [0.15, 0.2) is 23.2 Å². The first kappa shape index (κ1) is 26.9. The average molecular weight is 563 g/mol. The van der Waals surface area contributed by atoms with Crippen LogP contribution in [0.2, 0.25) is 0 Å². The van der Waals surface area contributed by atoms with Gasteiger partial charge in [0.05, 0.1) is 17.4 Å². The van der Waals surface area contributed by atoms with Crippen LogP contribution in [0.1, 0.15) is 35.3 Å². The highest BCUT2D eigenvalue weighted by atomic mass is 19.1. The molecule has 6 rings (SSSR count). The van der Waals surface area contributed by atoms with Crippen LogP contribution in [0, 0.1) is 18.6 Å². The number of nitrogens with one attached hydrogen (secondary N) is 2. The molecule has 1 aromatic carbocycles. The van der Waals surface area contributed by atoms with Crippen molar-refractivity contribution in [2.75, 3.05) is 56.5 Å². The number of halogens is 2. The van der Waals surface area contributed by atoms with E-state index in [9.17, 15) is 9.18 Å². The van der Waals surface area contributed by atoms with Gasteiger partial charge in [0.2, 0.25) is 5.88 Å². The van der Waals surface area contributed by atoms with Crippen LogP contribution >= 0.6 is 0 Å². The molecule has 0 atom stereocenters. The summed E-state index contributed by atoms with van der Waals surface area (Å²) in [4.78, 5) is 35.9. The van der Waals surface area contributed by atoms with Crippen LogP contribution < -0.4 is 15.0 Å². The number of piperidine rings is 1. The summed E-state index contributed by atoms with van der Waals surface area (Å²) in [6, 6.07) is 6.25. The molecule has 214 valence electrons. The van der Waals surface area contributed by atoms with Crippen molar-refractivity contribution in [1.29, 1.82) is 0 Å². The number of aromatic nitrogens is 4. The molecule has 1 amide bonds. The number of H-pyrrole nitrogens is 1. The Morgan fingerprint density at radius 2 is 1.78 bits per heavy atom. The number of piperazine rings is 1. The van der Waals surface area contributed by atoms with Gasteiger partial charge in [-0.1, -0.05) is 0 Å². The summed E-state index contributed by atoms with van der Waals surface area (Å²) in [6.45, 7) is 6.64. The van der Waals surface area contributed by atoms with Crippen molar-refractivity contribution in [3.63, 3.8) is 0 Å². The number of hydrogen-bond donors (Lipinski definition) is 2. The van der Waals surface area contributed by atoms with Crippen LogP contribution in [-0.2, 0) is 0 Å². The number of carbonyl (C=O) groups excluding carboxylic acids is 1. The zero-order valence-corrected chi connectivity index (χ0v) is 23.1. The molecular formula is C29H32F2N8O2. The van der Waals surface area contributed by atoms with Gasteiger partial charge in [0, 0.05) is 56.4 Å². The molecule has 2 fully saturated rings. The van der Waals surface area contributed by atoms with E-state index in [0.29, 0.717) is 24.6 Å². The highest BCUT2D eigenvalue weighted by molar-refractivity contribution is 6.01. The SMILES string of the molecule is Cc1cc2c(F)c(Oc3ncnc(Nc4ccc(N5CCN(C)CC5)cn4)c3C(=O)N3CCCCC3)cc(F)c2[nH]1. The third-order valence-corrected chi connectivity index (χ3v) is 7.64. The Morgan fingerprint density at radius 1 is 1.00 bits per heavy atom. The Kier molecular flexibility index (Phi) is 7.39. The average Bonchev–Trinajstić information content (AvgIpc) is 3.39. The van der Waals surface area contributed by atoms with Gasteiger partial charge in [0.25, 0.3) is 5.91 Å². The minimum atomic E-state index is -0.753. The molecule has 0 unspecified atom stereocenters. The number of nitrogens with zero attached hydrogens (tertiary/aromatic N) is 6. The third-order valence-electron chi connectivity index (χ3n) is 7.64. The Labute approximate surface area is 236 Å². The summed E-state index contributed by atoms with van der Waals surface area (Å²) in [5.41, 5.74) is 1.70. The number of benzene rings is 1. The quantitative estimate of drug-likeness (QED) is 0.344. The van der Waals surface area contributed by atoms with Gasteiger partial charge in [-0.25, -0.2) is 23.7 Å². The summed E-state index contributed by atoms with van der Waals surface area (Å²) in [7, 11) is 2.11. The number of pyridine rings is 1. The number of likely N-dealkylation sites (N-methyl/N-ethyl adjacent to an activating group) is 1. The number of aryl methyl sites for hydroxylation is 1. The van der Waals surface area contributed by atoms with E-state index in [-0.39, 0.29) is 39.8 Å². The maximum atomic E-state index is 15.4. The van der Waals surface area contributed by atoms with Crippen molar-refractivity contribution < 1.29 is 18.3 Å². The number of anilines is 3. The first-order valence-corrected chi connectivity index (χ1v) is 13.8. The van der Waals surface area contributed by atoms with E-state index in [0.717, 1.165) is 57.2 Å². The van der Waals surface area contributed by atoms with E-state index in [4.69, 9.17) is 4.74 Å². The summed E-state index contributed by atoms with van der Waals surface area (Å²) in [6.07, 6.45) is 5.78. The molecule has 41 heavy (non-hydrogen) atoms. The molecule has 2 N–H and O–H groups in total. The van der Waals surface area contributed by atoms with Gasteiger partial charge < -0.3 is 29.7 Å². The molecule has 2 aliphatic rings. The monoisotopic (exact) mass is 562 g/mol. The predicted molar refractivity (Wildman–Crippen MR) is 152 cm³/mol. The van der Waals surface area contributed by atoms with E-state index < -0.39 is 11.6 Å². The molecule has 5 heterocycles. The lowest BCUT2D eigenvalue weighted by Gasteiger charge is -2.33. The minimum absolute atomic E-state index is 0.0319. The zero-order valence-electron chi connectivity index (χ0n) is 23.1. The van der Waals surface area contributed by atoms with Crippen molar-refractivity contribution in [1.82, 2.24) is 29.7 Å². The van der Waals surface area contributed by atoms with Gasteiger partial charge in [-0.15, -0.1) is 0 Å². The number of rotatable bonds is 6. The Morgan fingerprint density at radius 3 is 2.51 bits per heavy atom. The molecular weight excluding hydrogens is 530 g/mol. The fourth-order valence-electron chi connectivity index (χ4n) is 5.33. The first-order valence-electron chi connectivity index (χ1n) is 13.8. The van der Waals surface area contributed by atoms with Gasteiger partial charge in [-0.2, -0.15) is 0 Å². The molecule has 10 nitrogen and oxygen atoms in total. The molecule has 4 aromatic rings. The predicted octanol–water partition coefficient (Wildman–Crippen LogP) is 4.85. The lowest BCUT2D eigenvalue weighted by molar-refractivity contribution is 0.0721. The molecule has 0 bridgehead atoms. The van der Waals surface area contributed by atoms with Crippen molar-refractivity contribution in [3.8, 4) is 11.6 Å². The van der Waals surface area contributed by atoms with Gasteiger partial charge in [-0.3, -0.25) is 4.79 Å². The fraction of sp³-hybridized carbons (Fsp3) is 0.379. The Bertz CT molecular complexity index is 1560. The summed E-state index contributed by atoms with van der Waals surface area (Å²) >= 11 is 0. The smallest absolute Gasteiger partial charge is 0.263 e. The second-order valence-corrected chi connectivity index (χ2v) is 10.6. The van der Waals surface area contributed by atoms with E-state index in [1.165, 1.54) is 12.4 Å². The maximum Gasteiger partial charge on any atom is 0.263 e. The molecule has 3 aromatic heterocycles. The highest BCUT2D eigenvalue weighted by Gasteiger charge is 2.28. The van der Waals surface area contributed by atoms with Gasteiger partial charge in [0.1, 0.15) is 17.7 Å². The van der Waals surface area contributed by atoms with Crippen molar-refractivity contribution in [2.45, 2.75) is 26.2 Å². The number of carbonyl (C=O) groups is 1. The maximum absolute atomic E-state index is 15.4. The van der Waals surface area contributed by atoms with Crippen LogP contribution in [0.4, 0.5) is 26.1 Å². The lowest BCUT2D eigenvalue weighted by atomic mass is 10.1. The molecule has 0 spiro atoms. The second kappa shape index (κ2) is 11.3. The number of fused-ring (bicyclic) bond motifs is 1. The van der Waals surface area contributed by atoms with Gasteiger partial charge >= 0.3 is 0 Å². The van der Waals surface area contributed by atoms with Crippen molar-refractivity contribution in [3.05, 3.63) is 59.7 Å². The van der Waals surface area contributed by atoms with Crippen LogP contribution in [0.5, 0.6) is 11.6 Å². The summed E-state index contributed by atoms with van der Waals surface area (Å²) in [5, 5.41) is 3.18. The molecule has 0 saturated carbocycles. The Hall–Kier alpha value is -4.32. The number of amides is 1. The standard InChI is InChI=1S/C29H32F2N8O2/c1-18-14-20-25(31)22(15-21(30)26(20)35-18)41-28-24(29(40)39-8-4-3-5-9-39)27(33-17-34-28)36-23-7-6-19(16-32-23)38-12-10-37(2)11-13-38/h6-7,14-17,35H,3-5,8-13H2,1-2H3,(H,32,33,34,36). The lowest BCUT2D eigenvalue weighted by Crippen LogP contribution is -2.44. The molecule has 0 radical (unpaired) electrons.